The molecule has 0 aliphatic carbocycles. The summed E-state index contributed by atoms with van der Waals surface area (Å²) in [5, 5.41) is 4.91. The van der Waals surface area contributed by atoms with Gasteiger partial charge in [0.25, 0.3) is 5.56 Å². The van der Waals surface area contributed by atoms with Crippen LogP contribution in [0.5, 0.6) is 11.5 Å². The van der Waals surface area contributed by atoms with Crippen LogP contribution in [0.1, 0.15) is 37.7 Å². The van der Waals surface area contributed by atoms with E-state index in [1.807, 2.05) is 19.1 Å². The normalized spacial score (nSPS) is 11.3. The Morgan fingerprint density at radius 3 is 2.71 bits per heavy atom. The van der Waals surface area contributed by atoms with Gasteiger partial charge >= 0.3 is 5.97 Å². The van der Waals surface area contributed by atoms with Gasteiger partial charge in [-0.25, -0.2) is 9.78 Å². The number of nitrogens with zero attached hydrogens (tertiary/aromatic N) is 3. The molecule has 0 saturated carbocycles. The van der Waals surface area contributed by atoms with Crippen molar-refractivity contribution >= 4 is 39.0 Å². The van der Waals surface area contributed by atoms with Crippen LogP contribution in [0, 0.1) is 0 Å². The van der Waals surface area contributed by atoms with Gasteiger partial charge in [0.15, 0.2) is 18.1 Å². The Kier molecular flexibility index (Phi) is 8.81. The van der Waals surface area contributed by atoms with Crippen molar-refractivity contribution in [1.82, 2.24) is 9.66 Å². The number of aryl methyl sites for hydroxylation is 1. The van der Waals surface area contributed by atoms with E-state index in [-0.39, 0.29) is 18.3 Å². The first-order valence-corrected chi connectivity index (χ1v) is 12.0. The van der Waals surface area contributed by atoms with E-state index >= 15 is 0 Å². The average molecular weight is 542 g/mol. The lowest BCUT2D eigenvalue weighted by Crippen LogP contribution is -2.22. The van der Waals surface area contributed by atoms with Crippen molar-refractivity contribution in [2.24, 2.45) is 5.10 Å². The van der Waals surface area contributed by atoms with Gasteiger partial charge < -0.3 is 14.2 Å². The van der Waals surface area contributed by atoms with Crippen LogP contribution in [0.15, 0.2) is 57.4 Å². The maximum Gasteiger partial charge on any atom is 0.344 e. The number of fused-ring (bicyclic) bond motifs is 1. The Labute approximate surface area is 212 Å². The molecular formula is C26H28BrN3O5. The number of aromatic nitrogens is 2. The number of rotatable bonds is 10. The summed E-state index contributed by atoms with van der Waals surface area (Å²) in [4.78, 5) is 29.7. The summed E-state index contributed by atoms with van der Waals surface area (Å²) < 4.78 is 18.5. The molecule has 0 spiro atoms. The highest BCUT2D eigenvalue weighted by atomic mass is 79.9. The van der Waals surface area contributed by atoms with Gasteiger partial charge in [-0.15, -0.1) is 6.58 Å². The summed E-state index contributed by atoms with van der Waals surface area (Å²) in [6.07, 6.45) is 4.06. The molecule has 3 aromatic rings. The van der Waals surface area contributed by atoms with Crippen molar-refractivity contribution in [1.29, 1.82) is 0 Å². The lowest BCUT2D eigenvalue weighted by molar-refractivity contribution is -0.149. The van der Waals surface area contributed by atoms with Crippen LogP contribution in [0.4, 0.5) is 0 Å². The minimum Gasteiger partial charge on any atom is -0.493 e. The second-order valence-electron chi connectivity index (χ2n) is 7.94. The number of hydrogen-bond acceptors (Lipinski definition) is 7. The molecule has 0 atom stereocenters. The first-order valence-electron chi connectivity index (χ1n) is 11.2. The lowest BCUT2D eigenvalue weighted by Gasteiger charge is -2.16. The molecule has 0 N–H and O–H groups in total. The van der Waals surface area contributed by atoms with Crippen molar-refractivity contribution in [2.45, 2.75) is 39.7 Å². The molecule has 184 valence electrons. The maximum absolute atomic E-state index is 13.1. The molecule has 35 heavy (non-hydrogen) atoms. The van der Waals surface area contributed by atoms with E-state index in [1.54, 1.807) is 44.3 Å². The Bertz CT molecular complexity index is 1330. The first-order chi connectivity index (χ1) is 16.8. The fourth-order valence-electron chi connectivity index (χ4n) is 3.48. The molecule has 0 saturated heterocycles. The molecule has 0 aliphatic rings. The number of allylic oxidation sites excluding steroid dienone is 1. The second-order valence-corrected chi connectivity index (χ2v) is 8.85. The molecule has 3 rings (SSSR count). The van der Waals surface area contributed by atoms with Crippen LogP contribution in [-0.4, -0.2) is 41.7 Å². The van der Waals surface area contributed by atoms with Gasteiger partial charge in [0.1, 0.15) is 5.82 Å². The smallest absolute Gasteiger partial charge is 0.344 e. The Balaban J connectivity index is 2.00. The van der Waals surface area contributed by atoms with E-state index in [2.05, 4.69) is 32.6 Å². The Morgan fingerprint density at radius 2 is 2.06 bits per heavy atom. The van der Waals surface area contributed by atoms with Gasteiger partial charge in [0, 0.05) is 16.5 Å². The minimum atomic E-state index is -0.473. The van der Waals surface area contributed by atoms with E-state index in [0.717, 1.165) is 10.0 Å². The Hall–Kier alpha value is -3.46. The molecule has 1 aromatic heterocycles. The first kappa shape index (κ1) is 26.2. The molecule has 0 aliphatic heterocycles. The maximum atomic E-state index is 13.1. The van der Waals surface area contributed by atoms with Crippen LogP contribution in [0.25, 0.3) is 10.9 Å². The summed E-state index contributed by atoms with van der Waals surface area (Å²) in [6.45, 7) is 9.01. The van der Waals surface area contributed by atoms with E-state index < -0.39 is 5.97 Å². The van der Waals surface area contributed by atoms with Gasteiger partial charge in [-0.1, -0.05) is 28.9 Å². The summed E-state index contributed by atoms with van der Waals surface area (Å²) in [5.41, 5.74) is 1.79. The van der Waals surface area contributed by atoms with E-state index in [4.69, 9.17) is 14.2 Å². The van der Waals surface area contributed by atoms with Gasteiger partial charge in [0.05, 0.1) is 30.3 Å². The van der Waals surface area contributed by atoms with Crippen molar-refractivity contribution in [3.8, 4) is 11.5 Å². The van der Waals surface area contributed by atoms with Crippen LogP contribution >= 0.6 is 15.9 Å². The Morgan fingerprint density at radius 1 is 1.29 bits per heavy atom. The number of methoxy groups -OCH3 is 1. The molecule has 1 heterocycles. The molecule has 8 nitrogen and oxygen atoms in total. The average Bonchev–Trinajstić information content (AvgIpc) is 2.82. The second kappa shape index (κ2) is 11.8. The quantitative estimate of drug-likeness (QED) is 0.210. The summed E-state index contributed by atoms with van der Waals surface area (Å²) >= 11 is 3.40. The third-order valence-electron chi connectivity index (χ3n) is 4.95. The van der Waals surface area contributed by atoms with Crippen LogP contribution in [-0.2, 0) is 22.4 Å². The van der Waals surface area contributed by atoms with Crippen LogP contribution in [0.3, 0.4) is 0 Å². The molecule has 0 bridgehead atoms. The molecule has 0 unspecified atom stereocenters. The zero-order valence-corrected chi connectivity index (χ0v) is 21.8. The number of benzene rings is 2. The third kappa shape index (κ3) is 6.36. The summed E-state index contributed by atoms with van der Waals surface area (Å²) in [5.74, 6) is 0.919. The molecule has 2 aromatic carbocycles. The number of hydrogen-bond donors (Lipinski definition) is 0. The summed E-state index contributed by atoms with van der Waals surface area (Å²) in [6, 6.07) is 8.95. The highest BCUT2D eigenvalue weighted by Gasteiger charge is 2.16. The van der Waals surface area contributed by atoms with Crippen LogP contribution in [0.2, 0.25) is 0 Å². The standard InChI is InChI=1S/C26H28BrN3O5/c1-6-8-18-11-17(12-22(33-5)25(18)34-15-24(31)35-16(3)4)14-28-30-23(7-2)29-21-10-9-19(27)13-20(21)26(30)32/h6,9-14,16H,1,7-8,15H2,2-5H3. The predicted molar refractivity (Wildman–Crippen MR) is 140 cm³/mol. The zero-order valence-electron chi connectivity index (χ0n) is 20.2. The SMILES string of the molecule is C=CCc1cc(C=Nn2c(CC)nc3ccc(Br)cc3c2=O)cc(OC)c1OCC(=O)OC(C)C. The van der Waals surface area contributed by atoms with Crippen LogP contribution < -0.4 is 15.0 Å². The van der Waals surface area contributed by atoms with E-state index in [9.17, 15) is 9.59 Å². The van der Waals surface area contributed by atoms with Crippen molar-refractivity contribution in [3.05, 3.63) is 74.8 Å². The fraction of sp³-hybridized carbons (Fsp3) is 0.308. The molecule has 0 amide bonds. The lowest BCUT2D eigenvalue weighted by atomic mass is 10.1. The monoisotopic (exact) mass is 541 g/mol. The van der Waals surface area contributed by atoms with E-state index in [0.29, 0.717) is 46.6 Å². The van der Waals surface area contributed by atoms with Crippen molar-refractivity contribution in [3.63, 3.8) is 0 Å². The van der Waals surface area contributed by atoms with Gasteiger partial charge in [-0.2, -0.15) is 9.78 Å². The van der Waals surface area contributed by atoms with Gasteiger partial charge in [0.2, 0.25) is 0 Å². The number of carbonyl (C=O) groups excluding carboxylic acids is 1. The van der Waals surface area contributed by atoms with Gasteiger partial charge in [-0.05, 0) is 56.2 Å². The number of carbonyl (C=O) groups is 1. The summed E-state index contributed by atoms with van der Waals surface area (Å²) in [7, 11) is 1.51. The highest BCUT2D eigenvalue weighted by Crippen LogP contribution is 2.33. The predicted octanol–water partition coefficient (Wildman–Crippen LogP) is 4.67. The number of halogens is 1. The number of ether oxygens (including phenoxy) is 3. The molecular weight excluding hydrogens is 514 g/mol. The van der Waals surface area contributed by atoms with E-state index in [1.165, 1.54) is 11.8 Å². The topological polar surface area (TPSA) is 92.0 Å². The highest BCUT2D eigenvalue weighted by molar-refractivity contribution is 9.10. The fourth-order valence-corrected chi connectivity index (χ4v) is 3.84. The third-order valence-corrected chi connectivity index (χ3v) is 5.45. The molecule has 0 radical (unpaired) electrons. The largest absolute Gasteiger partial charge is 0.493 e. The zero-order chi connectivity index (χ0) is 25.5. The van der Waals surface area contributed by atoms with Gasteiger partial charge in [-0.3, -0.25) is 4.79 Å². The minimum absolute atomic E-state index is 0.235. The van der Waals surface area contributed by atoms with Crippen molar-refractivity contribution < 1.29 is 19.0 Å². The molecule has 9 heteroatoms. The number of esters is 1. The molecule has 0 fully saturated rings. The van der Waals surface area contributed by atoms with Crippen molar-refractivity contribution in [2.75, 3.05) is 13.7 Å².